The molecule has 0 aliphatic heterocycles. The van der Waals surface area contributed by atoms with E-state index in [-0.39, 0.29) is 5.25 Å². The number of benzene rings is 4. The SMILES string of the molecule is CC[C@@H](S)c1cc(-c2ccccc2)cc(-c2ccccc2)c1-c1ccccc1. The van der Waals surface area contributed by atoms with E-state index in [9.17, 15) is 0 Å². The van der Waals surface area contributed by atoms with Gasteiger partial charge in [0, 0.05) is 5.25 Å². The van der Waals surface area contributed by atoms with Crippen molar-refractivity contribution in [2.45, 2.75) is 18.6 Å². The van der Waals surface area contributed by atoms with Crippen LogP contribution >= 0.6 is 12.6 Å². The smallest absolute Gasteiger partial charge is 0.0271 e. The van der Waals surface area contributed by atoms with Gasteiger partial charge in [-0.15, -0.1) is 0 Å². The van der Waals surface area contributed by atoms with Gasteiger partial charge in [-0.1, -0.05) is 97.9 Å². The van der Waals surface area contributed by atoms with Crippen molar-refractivity contribution in [3.8, 4) is 33.4 Å². The summed E-state index contributed by atoms with van der Waals surface area (Å²) >= 11 is 4.96. The van der Waals surface area contributed by atoms with E-state index in [0.717, 1.165) is 6.42 Å². The number of hydrogen-bond donors (Lipinski definition) is 1. The minimum atomic E-state index is 0.182. The van der Waals surface area contributed by atoms with Crippen LogP contribution in [0.1, 0.15) is 24.2 Å². The van der Waals surface area contributed by atoms with E-state index in [0.29, 0.717) is 0 Å². The second-order valence-corrected chi connectivity index (χ2v) is 7.63. The van der Waals surface area contributed by atoms with Crippen molar-refractivity contribution in [2.24, 2.45) is 0 Å². The highest BCUT2D eigenvalue weighted by atomic mass is 32.1. The molecular formula is C27H24S. The molecule has 0 aliphatic rings. The predicted molar refractivity (Wildman–Crippen MR) is 125 cm³/mol. The molecule has 0 saturated carbocycles. The summed E-state index contributed by atoms with van der Waals surface area (Å²) in [6.45, 7) is 2.20. The topological polar surface area (TPSA) is 0 Å². The van der Waals surface area contributed by atoms with Gasteiger partial charge in [0.2, 0.25) is 0 Å². The van der Waals surface area contributed by atoms with Crippen molar-refractivity contribution in [3.63, 3.8) is 0 Å². The molecule has 0 bridgehead atoms. The van der Waals surface area contributed by atoms with Crippen molar-refractivity contribution in [1.29, 1.82) is 0 Å². The quantitative estimate of drug-likeness (QED) is 0.332. The van der Waals surface area contributed by atoms with Crippen molar-refractivity contribution in [3.05, 3.63) is 109 Å². The summed E-state index contributed by atoms with van der Waals surface area (Å²) in [6.07, 6.45) is 0.982. The van der Waals surface area contributed by atoms with E-state index < -0.39 is 0 Å². The molecule has 0 N–H and O–H groups in total. The zero-order valence-corrected chi connectivity index (χ0v) is 16.9. The number of hydrogen-bond acceptors (Lipinski definition) is 1. The molecule has 0 fully saturated rings. The van der Waals surface area contributed by atoms with Crippen LogP contribution in [0, 0.1) is 0 Å². The molecule has 0 nitrogen and oxygen atoms in total. The average Bonchev–Trinajstić information content (AvgIpc) is 2.79. The third-order valence-electron chi connectivity index (χ3n) is 5.17. The molecule has 1 atom stereocenters. The lowest BCUT2D eigenvalue weighted by atomic mass is 9.85. The second kappa shape index (κ2) is 8.50. The minimum Gasteiger partial charge on any atom is -0.171 e. The van der Waals surface area contributed by atoms with Crippen LogP contribution in [0.2, 0.25) is 0 Å². The van der Waals surface area contributed by atoms with Crippen LogP contribution in [-0.4, -0.2) is 0 Å². The van der Waals surface area contributed by atoms with Crippen LogP contribution in [0.3, 0.4) is 0 Å². The van der Waals surface area contributed by atoms with Crippen LogP contribution in [-0.2, 0) is 0 Å². The first-order valence-electron chi connectivity index (χ1n) is 9.80. The third-order valence-corrected chi connectivity index (χ3v) is 5.81. The molecule has 4 rings (SSSR count). The molecular weight excluding hydrogens is 356 g/mol. The molecule has 0 amide bonds. The van der Waals surface area contributed by atoms with Crippen molar-refractivity contribution < 1.29 is 0 Å². The zero-order chi connectivity index (χ0) is 19.3. The maximum Gasteiger partial charge on any atom is 0.0271 e. The monoisotopic (exact) mass is 380 g/mol. The van der Waals surface area contributed by atoms with Crippen LogP contribution < -0.4 is 0 Å². The Kier molecular flexibility index (Phi) is 5.64. The maximum absolute atomic E-state index is 4.96. The van der Waals surface area contributed by atoms with E-state index >= 15 is 0 Å². The van der Waals surface area contributed by atoms with Crippen LogP contribution in [0.5, 0.6) is 0 Å². The standard InChI is InChI=1S/C27H24S/c1-2-26(28)25-19-23(20-12-6-3-7-13-20)18-24(21-14-8-4-9-15-21)27(25)22-16-10-5-11-17-22/h3-19,26,28H,2H2,1H3/t26-/m1/s1. The Morgan fingerprint density at radius 1 is 0.607 bits per heavy atom. The third kappa shape index (κ3) is 3.76. The molecule has 138 valence electrons. The molecule has 1 heteroatoms. The second-order valence-electron chi connectivity index (χ2n) is 7.01. The first kappa shape index (κ1) is 18.6. The van der Waals surface area contributed by atoms with Crippen LogP contribution in [0.25, 0.3) is 33.4 Å². The minimum absolute atomic E-state index is 0.182. The highest BCUT2D eigenvalue weighted by Gasteiger charge is 2.18. The molecule has 0 saturated heterocycles. The molecule has 0 spiro atoms. The fraction of sp³-hybridized carbons (Fsp3) is 0.111. The van der Waals surface area contributed by atoms with Crippen molar-refractivity contribution >= 4 is 12.6 Å². The Morgan fingerprint density at radius 3 is 1.64 bits per heavy atom. The Labute approximate surface area is 173 Å². The fourth-order valence-corrected chi connectivity index (χ4v) is 3.92. The van der Waals surface area contributed by atoms with Gasteiger partial charge >= 0.3 is 0 Å². The molecule has 4 aromatic carbocycles. The molecule has 0 aliphatic carbocycles. The van der Waals surface area contributed by atoms with E-state index in [2.05, 4.69) is 110 Å². The summed E-state index contributed by atoms with van der Waals surface area (Å²) in [5.74, 6) is 0. The highest BCUT2D eigenvalue weighted by Crippen LogP contribution is 2.43. The zero-order valence-electron chi connectivity index (χ0n) is 16.0. The van der Waals surface area contributed by atoms with Crippen LogP contribution in [0.4, 0.5) is 0 Å². The highest BCUT2D eigenvalue weighted by molar-refractivity contribution is 7.80. The lowest BCUT2D eigenvalue weighted by molar-refractivity contribution is 0.905. The van der Waals surface area contributed by atoms with Gasteiger partial charge < -0.3 is 0 Å². The maximum atomic E-state index is 4.96. The van der Waals surface area contributed by atoms with E-state index in [1.165, 1.54) is 38.9 Å². The Bertz CT molecular complexity index is 1040. The first-order valence-corrected chi connectivity index (χ1v) is 10.3. The molecule has 0 unspecified atom stereocenters. The Hall–Kier alpha value is -2.77. The largest absolute Gasteiger partial charge is 0.171 e. The van der Waals surface area contributed by atoms with Gasteiger partial charge in [-0.2, -0.15) is 12.6 Å². The molecule has 4 aromatic rings. The summed E-state index contributed by atoms with van der Waals surface area (Å²) in [5.41, 5.74) is 8.78. The molecule has 0 heterocycles. The van der Waals surface area contributed by atoms with Gasteiger partial charge in [0.1, 0.15) is 0 Å². The summed E-state index contributed by atoms with van der Waals surface area (Å²) in [7, 11) is 0. The summed E-state index contributed by atoms with van der Waals surface area (Å²) in [6, 6.07) is 36.6. The van der Waals surface area contributed by atoms with Gasteiger partial charge in [0.25, 0.3) is 0 Å². The van der Waals surface area contributed by atoms with Gasteiger partial charge in [-0.3, -0.25) is 0 Å². The normalized spacial score (nSPS) is 11.9. The fourth-order valence-electron chi connectivity index (χ4n) is 3.72. The summed E-state index contributed by atoms with van der Waals surface area (Å²) < 4.78 is 0. The Balaban J connectivity index is 2.05. The lowest BCUT2D eigenvalue weighted by Gasteiger charge is -2.21. The van der Waals surface area contributed by atoms with Gasteiger partial charge in [-0.05, 0) is 57.5 Å². The van der Waals surface area contributed by atoms with Gasteiger partial charge in [0.15, 0.2) is 0 Å². The Morgan fingerprint density at radius 2 is 1.11 bits per heavy atom. The summed E-state index contributed by atoms with van der Waals surface area (Å²) in [5, 5.41) is 0.182. The lowest BCUT2D eigenvalue weighted by Crippen LogP contribution is -1.98. The van der Waals surface area contributed by atoms with Gasteiger partial charge in [-0.25, -0.2) is 0 Å². The first-order chi connectivity index (χ1) is 13.8. The number of rotatable bonds is 5. The van der Waals surface area contributed by atoms with Gasteiger partial charge in [0.05, 0.1) is 0 Å². The van der Waals surface area contributed by atoms with E-state index in [1.54, 1.807) is 0 Å². The molecule has 28 heavy (non-hydrogen) atoms. The van der Waals surface area contributed by atoms with E-state index in [1.807, 2.05) is 0 Å². The molecule has 0 aromatic heterocycles. The molecule has 0 radical (unpaired) electrons. The van der Waals surface area contributed by atoms with Crippen molar-refractivity contribution in [2.75, 3.05) is 0 Å². The number of thiol groups is 1. The summed E-state index contributed by atoms with van der Waals surface area (Å²) in [4.78, 5) is 0. The van der Waals surface area contributed by atoms with E-state index in [4.69, 9.17) is 12.6 Å². The van der Waals surface area contributed by atoms with Crippen molar-refractivity contribution in [1.82, 2.24) is 0 Å². The van der Waals surface area contributed by atoms with Crippen LogP contribution in [0.15, 0.2) is 103 Å². The predicted octanol–water partition coefficient (Wildman–Crippen LogP) is 8.07. The average molecular weight is 381 g/mol.